The number of esters is 1. The summed E-state index contributed by atoms with van der Waals surface area (Å²) in [5, 5.41) is 0. The van der Waals surface area contributed by atoms with Crippen LogP contribution in [0.25, 0.3) is 0 Å². The average Bonchev–Trinajstić information content (AvgIpc) is 3.28. The van der Waals surface area contributed by atoms with Crippen molar-refractivity contribution in [2.75, 3.05) is 7.11 Å². The molecule has 1 aliphatic heterocycles. The van der Waals surface area contributed by atoms with Crippen LogP contribution in [0.5, 0.6) is 5.75 Å². The van der Waals surface area contributed by atoms with Gasteiger partial charge in [0, 0.05) is 5.56 Å². The second-order valence-electron chi connectivity index (χ2n) is 10.9. The van der Waals surface area contributed by atoms with E-state index in [2.05, 4.69) is 0 Å². The molecule has 1 fully saturated rings. The molecule has 220 valence electrons. The summed E-state index contributed by atoms with van der Waals surface area (Å²) in [6.07, 6.45) is -2.03. The lowest BCUT2D eigenvalue weighted by Gasteiger charge is -2.54. The SMILES string of the molecule is COc1ccc(C(=O)[C@@H](C)OC(=O)[C@@H](CC(N)=O)N2C(=O)[C@@H]3[C@H](C2=O)C2(Cl)c4ccccc4C3(Cl)c3ccccc32)cc1. The maximum atomic E-state index is 14.3. The van der Waals surface area contributed by atoms with Gasteiger partial charge in [0.05, 0.1) is 25.4 Å². The van der Waals surface area contributed by atoms with Crippen LogP contribution in [0.2, 0.25) is 0 Å². The number of methoxy groups -OCH3 is 1. The maximum Gasteiger partial charge on any atom is 0.330 e. The van der Waals surface area contributed by atoms with E-state index in [1.54, 1.807) is 60.7 Å². The van der Waals surface area contributed by atoms with Gasteiger partial charge in [0.1, 0.15) is 21.5 Å². The molecule has 3 aromatic rings. The quantitative estimate of drug-likeness (QED) is 0.176. The Balaban J connectivity index is 1.38. The number of ether oxygens (including phenoxy) is 2. The molecule has 1 heterocycles. The number of halogens is 2. The number of amides is 3. The molecule has 9 nitrogen and oxygen atoms in total. The van der Waals surface area contributed by atoms with Gasteiger partial charge in [-0.1, -0.05) is 48.5 Å². The highest BCUT2D eigenvalue weighted by molar-refractivity contribution is 6.36. The minimum Gasteiger partial charge on any atom is -0.497 e. The molecular formula is C32H26Cl2N2O7. The van der Waals surface area contributed by atoms with Gasteiger partial charge in [-0.15, -0.1) is 23.2 Å². The fourth-order valence-corrected chi connectivity index (χ4v) is 7.86. The number of ketones is 1. The summed E-state index contributed by atoms with van der Waals surface area (Å²) in [6.45, 7) is 1.36. The molecule has 0 aromatic heterocycles. The van der Waals surface area contributed by atoms with E-state index < -0.39 is 69.6 Å². The van der Waals surface area contributed by atoms with Gasteiger partial charge in [-0.05, 0) is 53.4 Å². The number of carbonyl (C=O) groups excluding carboxylic acids is 5. The molecule has 2 bridgehead atoms. The summed E-state index contributed by atoms with van der Waals surface area (Å²) < 4.78 is 10.6. The monoisotopic (exact) mass is 620 g/mol. The smallest absolute Gasteiger partial charge is 0.330 e. The lowest BCUT2D eigenvalue weighted by molar-refractivity contribution is -0.161. The highest BCUT2D eigenvalue weighted by Gasteiger charge is 2.74. The Morgan fingerprint density at radius 3 is 1.67 bits per heavy atom. The fraction of sp³-hybridized carbons (Fsp3) is 0.281. The third-order valence-corrected chi connectivity index (χ3v) is 9.92. The number of nitrogens with two attached hydrogens (primary N) is 1. The predicted molar refractivity (Wildman–Crippen MR) is 155 cm³/mol. The zero-order chi connectivity index (χ0) is 30.8. The highest BCUT2D eigenvalue weighted by atomic mass is 35.5. The standard InChI is InChI=1S/C32H26Cl2N2O7/c1-16(27(38)17-11-13-18(42-2)14-12-17)43-30(41)23(15-24(35)37)36-28(39)25-26(29(36)40)32(34)20-8-4-3-7-19(20)31(25,33)21-9-5-6-10-22(21)32/h3-14,16,23,25-26H,15H2,1-2H3,(H2,35,37)/t16-,23-,25-,26+,31?,32?/m1/s1. The largest absolute Gasteiger partial charge is 0.497 e. The van der Waals surface area contributed by atoms with Crippen molar-refractivity contribution >= 4 is 52.7 Å². The first kappa shape index (κ1) is 28.9. The lowest BCUT2D eigenvalue weighted by atomic mass is 9.54. The maximum absolute atomic E-state index is 14.3. The van der Waals surface area contributed by atoms with Crippen LogP contribution in [-0.2, 0) is 33.7 Å². The zero-order valence-electron chi connectivity index (χ0n) is 23.1. The van der Waals surface area contributed by atoms with Gasteiger partial charge in [-0.2, -0.15) is 0 Å². The van der Waals surface area contributed by atoms with Crippen molar-refractivity contribution in [3.05, 3.63) is 101 Å². The molecule has 0 radical (unpaired) electrons. The highest BCUT2D eigenvalue weighted by Crippen LogP contribution is 2.69. The lowest BCUT2D eigenvalue weighted by Crippen LogP contribution is -2.57. The van der Waals surface area contributed by atoms with Crippen LogP contribution in [0, 0.1) is 11.8 Å². The molecule has 2 N–H and O–H groups in total. The van der Waals surface area contributed by atoms with E-state index in [1.807, 2.05) is 0 Å². The van der Waals surface area contributed by atoms with Gasteiger partial charge in [-0.25, -0.2) is 4.79 Å². The number of hydrogen-bond acceptors (Lipinski definition) is 7. The number of likely N-dealkylation sites (tertiary alicyclic amines) is 1. The summed E-state index contributed by atoms with van der Waals surface area (Å²) >= 11 is 14.9. The van der Waals surface area contributed by atoms with Crippen molar-refractivity contribution in [2.45, 2.75) is 35.2 Å². The summed E-state index contributed by atoms with van der Waals surface area (Å²) in [7, 11) is 1.48. The van der Waals surface area contributed by atoms with E-state index >= 15 is 0 Å². The second kappa shape index (κ2) is 10.2. The van der Waals surface area contributed by atoms with Crippen LogP contribution in [0.3, 0.4) is 0 Å². The van der Waals surface area contributed by atoms with Crippen molar-refractivity contribution in [3.63, 3.8) is 0 Å². The molecule has 3 amide bonds. The summed E-state index contributed by atoms with van der Waals surface area (Å²) in [4.78, 5) is 65.0. The number of hydrogen-bond donors (Lipinski definition) is 1. The van der Waals surface area contributed by atoms with Gasteiger partial charge < -0.3 is 15.2 Å². The topological polar surface area (TPSA) is 133 Å². The van der Waals surface area contributed by atoms with Crippen molar-refractivity contribution in [2.24, 2.45) is 17.6 Å². The average molecular weight is 621 g/mol. The van der Waals surface area contributed by atoms with Gasteiger partial charge in [0.15, 0.2) is 6.10 Å². The van der Waals surface area contributed by atoms with E-state index in [9.17, 15) is 24.0 Å². The number of benzene rings is 3. The minimum absolute atomic E-state index is 0.243. The van der Waals surface area contributed by atoms with Gasteiger partial charge >= 0.3 is 5.97 Å². The Morgan fingerprint density at radius 2 is 1.28 bits per heavy atom. The molecule has 0 unspecified atom stereocenters. The van der Waals surface area contributed by atoms with Crippen LogP contribution >= 0.6 is 23.2 Å². The van der Waals surface area contributed by atoms with E-state index in [-0.39, 0.29) is 5.56 Å². The first-order valence-corrected chi connectivity index (χ1v) is 14.3. The molecule has 43 heavy (non-hydrogen) atoms. The Bertz CT molecular complexity index is 1580. The number of alkyl halides is 2. The Kier molecular flexibility index (Phi) is 6.86. The number of imide groups is 1. The first-order chi connectivity index (χ1) is 20.5. The van der Waals surface area contributed by atoms with E-state index in [4.69, 9.17) is 38.4 Å². The van der Waals surface area contributed by atoms with E-state index in [0.29, 0.717) is 32.9 Å². The first-order valence-electron chi connectivity index (χ1n) is 13.6. The molecule has 3 aromatic carbocycles. The number of Topliss-reactive ketones (excluding diaryl/α,β-unsaturated/α-hetero) is 1. The van der Waals surface area contributed by atoms with Gasteiger partial charge in [0.25, 0.3) is 0 Å². The van der Waals surface area contributed by atoms with Crippen molar-refractivity contribution < 1.29 is 33.4 Å². The molecule has 1 saturated heterocycles. The van der Waals surface area contributed by atoms with E-state index in [0.717, 1.165) is 0 Å². The molecule has 3 aliphatic carbocycles. The van der Waals surface area contributed by atoms with Crippen LogP contribution in [-0.4, -0.2) is 53.6 Å². The third-order valence-electron chi connectivity index (χ3n) is 8.63. The molecule has 7 rings (SSSR count). The predicted octanol–water partition coefficient (Wildman–Crippen LogP) is 3.65. The summed E-state index contributed by atoms with van der Waals surface area (Å²) in [6, 6.07) is 18.6. The number of carbonyl (C=O) groups is 5. The molecular weight excluding hydrogens is 595 g/mol. The Hall–Kier alpha value is -4.21. The van der Waals surface area contributed by atoms with E-state index in [1.165, 1.54) is 26.2 Å². The normalized spacial score (nSPS) is 26.2. The van der Waals surface area contributed by atoms with Gasteiger partial charge in [-0.3, -0.25) is 24.1 Å². The second-order valence-corrected chi connectivity index (χ2v) is 12.1. The van der Waals surface area contributed by atoms with Crippen LogP contribution < -0.4 is 10.5 Å². The van der Waals surface area contributed by atoms with Crippen molar-refractivity contribution in [1.29, 1.82) is 0 Å². The molecule has 4 aliphatic rings. The van der Waals surface area contributed by atoms with Crippen molar-refractivity contribution in [3.8, 4) is 5.75 Å². The summed E-state index contributed by atoms with van der Waals surface area (Å²) in [5.41, 5.74) is 8.06. The number of primary amides is 1. The molecule has 11 heteroatoms. The fourth-order valence-electron chi connectivity index (χ4n) is 6.76. The minimum atomic E-state index is -1.74. The zero-order valence-corrected chi connectivity index (χ0v) is 24.6. The number of rotatable bonds is 8. The third kappa shape index (κ3) is 4.02. The summed E-state index contributed by atoms with van der Waals surface area (Å²) in [5.74, 6) is -6.04. The van der Waals surface area contributed by atoms with Crippen LogP contribution in [0.1, 0.15) is 46.0 Å². The molecule has 0 spiro atoms. The van der Waals surface area contributed by atoms with Crippen LogP contribution in [0.4, 0.5) is 0 Å². The van der Waals surface area contributed by atoms with Gasteiger partial charge in [0.2, 0.25) is 23.5 Å². The molecule has 0 saturated carbocycles. The Morgan fingerprint density at radius 1 is 0.837 bits per heavy atom. The Labute approximate surface area is 256 Å². The molecule has 4 atom stereocenters. The number of nitrogens with zero attached hydrogens (tertiary/aromatic N) is 1. The van der Waals surface area contributed by atoms with Crippen LogP contribution in [0.15, 0.2) is 72.8 Å². The van der Waals surface area contributed by atoms with Crippen molar-refractivity contribution in [1.82, 2.24) is 4.90 Å².